The van der Waals surface area contributed by atoms with Crippen LogP contribution in [0.4, 0.5) is 0 Å². The zero-order valence-electron chi connectivity index (χ0n) is 18.4. The highest BCUT2D eigenvalue weighted by atomic mass is 16.5. The fourth-order valence-corrected chi connectivity index (χ4v) is 4.16. The summed E-state index contributed by atoms with van der Waals surface area (Å²) in [7, 11) is 1.48. The molecule has 1 aliphatic heterocycles. The van der Waals surface area contributed by atoms with Crippen LogP contribution in [0.5, 0.6) is 5.75 Å². The molecule has 1 saturated heterocycles. The number of fused-ring (bicyclic) bond motifs is 1. The normalized spacial score (nSPS) is 13.8. The second-order valence-electron chi connectivity index (χ2n) is 7.84. The van der Waals surface area contributed by atoms with Crippen molar-refractivity contribution in [3.8, 4) is 17.3 Å². The fourth-order valence-electron chi connectivity index (χ4n) is 4.16. The second kappa shape index (κ2) is 8.81. The van der Waals surface area contributed by atoms with Crippen LogP contribution in [0.25, 0.3) is 22.4 Å². The van der Waals surface area contributed by atoms with Gasteiger partial charge in [0.25, 0.3) is 17.6 Å². The maximum absolute atomic E-state index is 13.2. The molecule has 0 saturated carbocycles. The lowest BCUT2D eigenvalue weighted by atomic mass is 10.1. The molecule has 0 aliphatic carbocycles. The minimum Gasteiger partial charge on any atom is -0.494 e. The highest BCUT2D eigenvalue weighted by molar-refractivity contribution is 6.45. The summed E-state index contributed by atoms with van der Waals surface area (Å²) in [5.41, 5.74) is 1.86. The van der Waals surface area contributed by atoms with Crippen LogP contribution in [-0.4, -0.2) is 80.6 Å². The zero-order chi connectivity index (χ0) is 23.7. The molecule has 172 valence electrons. The molecule has 4 heterocycles. The number of ether oxygens (including phenoxy) is 1. The van der Waals surface area contributed by atoms with Crippen LogP contribution in [-0.2, 0) is 4.79 Å². The molecular weight excluding hydrogens is 436 g/mol. The van der Waals surface area contributed by atoms with E-state index in [0.29, 0.717) is 46.8 Å². The van der Waals surface area contributed by atoms with Gasteiger partial charge >= 0.3 is 0 Å². The second-order valence-corrected chi connectivity index (χ2v) is 7.84. The number of carbonyl (C=O) groups excluding carboxylic acids is 3. The molecule has 0 spiro atoms. The smallest absolute Gasteiger partial charge is 0.295 e. The minimum absolute atomic E-state index is 0.0849. The average Bonchev–Trinajstić information content (AvgIpc) is 3.58. The van der Waals surface area contributed by atoms with Gasteiger partial charge in [-0.1, -0.05) is 18.2 Å². The van der Waals surface area contributed by atoms with Gasteiger partial charge in [-0.2, -0.15) is 0 Å². The van der Waals surface area contributed by atoms with Crippen molar-refractivity contribution < 1.29 is 19.1 Å². The largest absolute Gasteiger partial charge is 0.494 e. The van der Waals surface area contributed by atoms with Crippen molar-refractivity contribution in [2.45, 2.75) is 0 Å². The molecule has 0 atom stereocenters. The number of aromatic nitrogens is 4. The average molecular weight is 458 g/mol. The third kappa shape index (κ3) is 3.68. The van der Waals surface area contributed by atoms with Gasteiger partial charge in [0.1, 0.15) is 11.4 Å². The number of nitrogens with one attached hydrogen (secondary N) is 2. The lowest BCUT2D eigenvalue weighted by Crippen LogP contribution is -2.52. The van der Waals surface area contributed by atoms with Gasteiger partial charge in [0.05, 0.1) is 29.8 Å². The first-order valence-corrected chi connectivity index (χ1v) is 10.8. The van der Waals surface area contributed by atoms with Crippen LogP contribution >= 0.6 is 0 Å². The van der Waals surface area contributed by atoms with Crippen molar-refractivity contribution in [3.05, 3.63) is 66.2 Å². The van der Waals surface area contributed by atoms with Gasteiger partial charge in [0.15, 0.2) is 5.82 Å². The predicted octanol–water partition coefficient (Wildman–Crippen LogP) is 2.13. The van der Waals surface area contributed by atoms with Gasteiger partial charge in [-0.05, 0) is 12.1 Å². The Labute approximate surface area is 194 Å². The number of amides is 2. The first kappa shape index (κ1) is 21.4. The molecule has 1 aliphatic rings. The molecule has 0 bridgehead atoms. The Hall–Kier alpha value is -4.47. The van der Waals surface area contributed by atoms with E-state index in [1.54, 1.807) is 29.4 Å². The van der Waals surface area contributed by atoms with Crippen molar-refractivity contribution in [1.82, 2.24) is 29.7 Å². The highest BCUT2D eigenvalue weighted by Crippen LogP contribution is 2.33. The molecule has 4 aromatic rings. The Morgan fingerprint density at radius 1 is 0.971 bits per heavy atom. The van der Waals surface area contributed by atoms with Gasteiger partial charge in [-0.3, -0.25) is 14.4 Å². The van der Waals surface area contributed by atoms with Crippen LogP contribution in [0.15, 0.2) is 55.1 Å². The van der Waals surface area contributed by atoms with Gasteiger partial charge in [-0.25, -0.2) is 9.97 Å². The minimum atomic E-state index is -0.649. The lowest BCUT2D eigenvalue weighted by Gasteiger charge is -2.34. The number of ketones is 1. The molecule has 10 nitrogen and oxygen atoms in total. The topological polar surface area (TPSA) is 124 Å². The summed E-state index contributed by atoms with van der Waals surface area (Å²) in [6, 6.07) is 9.01. The summed E-state index contributed by atoms with van der Waals surface area (Å²) in [6.07, 6.45) is 6.28. The Morgan fingerprint density at radius 3 is 2.38 bits per heavy atom. The molecule has 1 fully saturated rings. The standard InChI is InChI=1S/C24H22N6O4/c1-34-17-14-28-20(22-25-7-8-26-22)19-18(17)16(13-27-19)21(31)24(33)30-11-9-29(10-12-30)23(32)15-5-3-2-4-6-15/h2-8,13-14,27H,9-12H2,1H3,(H,25,26). The number of benzene rings is 1. The first-order chi connectivity index (χ1) is 16.6. The van der Waals surface area contributed by atoms with E-state index < -0.39 is 11.7 Å². The van der Waals surface area contributed by atoms with E-state index in [-0.39, 0.29) is 24.6 Å². The Balaban J connectivity index is 1.36. The molecule has 3 aromatic heterocycles. The number of pyridine rings is 1. The quantitative estimate of drug-likeness (QED) is 0.349. The maximum Gasteiger partial charge on any atom is 0.295 e. The number of nitrogens with zero attached hydrogens (tertiary/aromatic N) is 4. The van der Waals surface area contributed by atoms with E-state index in [1.807, 2.05) is 18.2 Å². The van der Waals surface area contributed by atoms with Crippen LogP contribution in [0.1, 0.15) is 20.7 Å². The van der Waals surface area contributed by atoms with Gasteiger partial charge in [0.2, 0.25) is 0 Å². The van der Waals surface area contributed by atoms with Crippen LogP contribution in [0.3, 0.4) is 0 Å². The lowest BCUT2D eigenvalue weighted by molar-refractivity contribution is -0.127. The van der Waals surface area contributed by atoms with E-state index in [9.17, 15) is 14.4 Å². The summed E-state index contributed by atoms with van der Waals surface area (Å²) in [6.45, 7) is 1.27. The number of hydrogen-bond acceptors (Lipinski definition) is 6. The molecule has 2 amide bonds. The summed E-state index contributed by atoms with van der Waals surface area (Å²) >= 11 is 0. The number of methoxy groups -OCH3 is 1. The number of rotatable bonds is 5. The van der Waals surface area contributed by atoms with E-state index >= 15 is 0 Å². The summed E-state index contributed by atoms with van der Waals surface area (Å²) in [5, 5.41) is 0.472. The summed E-state index contributed by atoms with van der Waals surface area (Å²) < 4.78 is 5.42. The summed E-state index contributed by atoms with van der Waals surface area (Å²) in [4.78, 5) is 56.8. The third-order valence-corrected chi connectivity index (χ3v) is 5.93. The highest BCUT2D eigenvalue weighted by Gasteiger charge is 2.31. The van der Waals surface area contributed by atoms with Gasteiger partial charge in [0, 0.05) is 50.3 Å². The first-order valence-electron chi connectivity index (χ1n) is 10.8. The number of imidazole rings is 1. The fraction of sp³-hybridized carbons (Fsp3) is 0.208. The monoisotopic (exact) mass is 458 g/mol. The van der Waals surface area contributed by atoms with Crippen molar-refractivity contribution in [2.75, 3.05) is 33.3 Å². The number of H-pyrrole nitrogens is 2. The third-order valence-electron chi connectivity index (χ3n) is 5.93. The van der Waals surface area contributed by atoms with E-state index in [2.05, 4.69) is 19.9 Å². The number of piperazine rings is 1. The molecule has 5 rings (SSSR count). The van der Waals surface area contributed by atoms with Gasteiger partial charge < -0.3 is 24.5 Å². The Bertz CT molecular complexity index is 1360. The van der Waals surface area contributed by atoms with Crippen molar-refractivity contribution in [3.63, 3.8) is 0 Å². The molecule has 0 unspecified atom stereocenters. The van der Waals surface area contributed by atoms with Crippen molar-refractivity contribution in [1.29, 1.82) is 0 Å². The van der Waals surface area contributed by atoms with Crippen LogP contribution in [0, 0.1) is 0 Å². The van der Waals surface area contributed by atoms with Gasteiger partial charge in [-0.15, -0.1) is 0 Å². The van der Waals surface area contributed by atoms with E-state index in [1.165, 1.54) is 24.4 Å². The Morgan fingerprint density at radius 2 is 1.71 bits per heavy atom. The van der Waals surface area contributed by atoms with E-state index in [0.717, 1.165) is 0 Å². The number of hydrogen-bond donors (Lipinski definition) is 2. The van der Waals surface area contributed by atoms with Crippen molar-refractivity contribution in [2.24, 2.45) is 0 Å². The maximum atomic E-state index is 13.2. The number of carbonyl (C=O) groups is 3. The molecule has 34 heavy (non-hydrogen) atoms. The molecule has 1 aromatic carbocycles. The van der Waals surface area contributed by atoms with Crippen molar-refractivity contribution >= 4 is 28.5 Å². The number of aromatic amines is 2. The predicted molar refractivity (Wildman–Crippen MR) is 123 cm³/mol. The molecule has 0 radical (unpaired) electrons. The SMILES string of the molecule is COc1cnc(-c2ncc[nH]2)c2[nH]cc(C(=O)C(=O)N3CCN(C(=O)c4ccccc4)CC3)c12. The molecule has 10 heteroatoms. The van der Waals surface area contributed by atoms with E-state index in [4.69, 9.17) is 4.74 Å². The summed E-state index contributed by atoms with van der Waals surface area (Å²) in [5.74, 6) is -0.450. The zero-order valence-corrected chi connectivity index (χ0v) is 18.4. The molecule has 2 N–H and O–H groups in total. The Kier molecular flexibility index (Phi) is 5.54. The van der Waals surface area contributed by atoms with Crippen LogP contribution < -0.4 is 4.74 Å². The number of Topliss-reactive ketones (excluding diaryl/α,β-unsaturated/α-hetero) is 1. The van der Waals surface area contributed by atoms with Crippen LogP contribution in [0.2, 0.25) is 0 Å². The molecular formula is C24H22N6O4.